The summed E-state index contributed by atoms with van der Waals surface area (Å²) in [6, 6.07) is 5.29. The van der Waals surface area contributed by atoms with Gasteiger partial charge in [-0.15, -0.1) is 0 Å². The number of aliphatic hydroxyl groups is 1. The quantitative estimate of drug-likeness (QED) is 0.899. The Kier molecular flexibility index (Phi) is 4.71. The highest BCUT2D eigenvalue weighted by atomic mass is 35.5. The van der Waals surface area contributed by atoms with Gasteiger partial charge in [-0.05, 0) is 43.4 Å². The molecular formula is C16H22ClNO2. The van der Waals surface area contributed by atoms with Crippen LogP contribution in [0.15, 0.2) is 18.2 Å². The second kappa shape index (κ2) is 6.15. The number of hydrogen-bond donors (Lipinski definition) is 2. The monoisotopic (exact) mass is 295 g/mol. The van der Waals surface area contributed by atoms with Gasteiger partial charge in [-0.3, -0.25) is 4.79 Å². The molecule has 1 aliphatic rings. The van der Waals surface area contributed by atoms with E-state index >= 15 is 0 Å². The molecule has 2 rings (SSSR count). The van der Waals surface area contributed by atoms with Crippen molar-refractivity contribution in [1.82, 2.24) is 5.32 Å². The molecule has 4 heteroatoms. The van der Waals surface area contributed by atoms with Crippen LogP contribution in [-0.2, 0) is 0 Å². The first-order chi connectivity index (χ1) is 9.41. The fourth-order valence-corrected chi connectivity index (χ4v) is 3.16. The largest absolute Gasteiger partial charge is 0.388 e. The minimum absolute atomic E-state index is 0.170. The standard InChI is InChI=1S/C16H22ClNO2/c1-11-5-4-8-16(20,9-11)10-18-15(19)13-6-3-7-14(17)12(13)2/h3,6-7,11,20H,4-5,8-10H2,1-2H3,(H,18,19). The molecule has 0 bridgehead atoms. The Labute approximate surface area is 125 Å². The number of amides is 1. The Morgan fingerprint density at radius 2 is 2.30 bits per heavy atom. The predicted molar refractivity (Wildman–Crippen MR) is 81.1 cm³/mol. The molecule has 0 saturated heterocycles. The lowest BCUT2D eigenvalue weighted by atomic mass is 9.79. The third-order valence-corrected chi connectivity index (χ3v) is 4.57. The van der Waals surface area contributed by atoms with Crippen molar-refractivity contribution in [3.05, 3.63) is 34.3 Å². The van der Waals surface area contributed by atoms with Gasteiger partial charge in [-0.1, -0.05) is 37.4 Å². The van der Waals surface area contributed by atoms with Crippen LogP contribution >= 0.6 is 11.6 Å². The first kappa shape index (κ1) is 15.3. The number of hydrogen-bond acceptors (Lipinski definition) is 2. The topological polar surface area (TPSA) is 49.3 Å². The van der Waals surface area contributed by atoms with Crippen molar-refractivity contribution >= 4 is 17.5 Å². The summed E-state index contributed by atoms with van der Waals surface area (Å²) in [6.45, 7) is 4.28. The molecule has 110 valence electrons. The molecule has 0 radical (unpaired) electrons. The Balaban J connectivity index is 2.00. The fraction of sp³-hybridized carbons (Fsp3) is 0.562. The van der Waals surface area contributed by atoms with E-state index in [1.165, 1.54) is 0 Å². The van der Waals surface area contributed by atoms with Gasteiger partial charge in [0.15, 0.2) is 0 Å². The van der Waals surface area contributed by atoms with E-state index in [1.54, 1.807) is 18.2 Å². The van der Waals surface area contributed by atoms with E-state index in [-0.39, 0.29) is 5.91 Å². The SMILES string of the molecule is Cc1c(Cl)cccc1C(=O)NCC1(O)CCCC(C)C1. The Morgan fingerprint density at radius 3 is 3.00 bits per heavy atom. The molecule has 0 aliphatic heterocycles. The van der Waals surface area contributed by atoms with Gasteiger partial charge in [0.25, 0.3) is 5.91 Å². The molecule has 2 N–H and O–H groups in total. The maximum Gasteiger partial charge on any atom is 0.251 e. The molecule has 1 amide bonds. The number of rotatable bonds is 3. The van der Waals surface area contributed by atoms with Crippen LogP contribution in [0.25, 0.3) is 0 Å². The van der Waals surface area contributed by atoms with Gasteiger partial charge < -0.3 is 10.4 Å². The number of halogens is 1. The summed E-state index contributed by atoms with van der Waals surface area (Å²) < 4.78 is 0. The van der Waals surface area contributed by atoms with E-state index in [0.29, 0.717) is 23.0 Å². The van der Waals surface area contributed by atoms with E-state index in [4.69, 9.17) is 11.6 Å². The highest BCUT2D eigenvalue weighted by Crippen LogP contribution is 2.31. The van der Waals surface area contributed by atoms with Gasteiger partial charge in [0, 0.05) is 17.1 Å². The second-order valence-electron chi connectivity index (χ2n) is 6.02. The highest BCUT2D eigenvalue weighted by molar-refractivity contribution is 6.31. The summed E-state index contributed by atoms with van der Waals surface area (Å²) in [7, 11) is 0. The van der Waals surface area contributed by atoms with E-state index in [2.05, 4.69) is 12.2 Å². The lowest BCUT2D eigenvalue weighted by Crippen LogP contribution is -2.45. The molecular weight excluding hydrogens is 274 g/mol. The van der Waals surface area contributed by atoms with Gasteiger partial charge in [0.2, 0.25) is 0 Å². The van der Waals surface area contributed by atoms with Crippen LogP contribution in [0, 0.1) is 12.8 Å². The molecule has 1 aromatic rings. The summed E-state index contributed by atoms with van der Waals surface area (Å²) in [6.07, 6.45) is 3.68. The smallest absolute Gasteiger partial charge is 0.251 e. The van der Waals surface area contributed by atoms with Crippen molar-refractivity contribution in [1.29, 1.82) is 0 Å². The molecule has 0 heterocycles. The van der Waals surface area contributed by atoms with Crippen molar-refractivity contribution < 1.29 is 9.90 Å². The molecule has 1 saturated carbocycles. The van der Waals surface area contributed by atoms with Crippen LogP contribution in [0.3, 0.4) is 0 Å². The van der Waals surface area contributed by atoms with Crippen molar-refractivity contribution in [3.8, 4) is 0 Å². The number of nitrogens with one attached hydrogen (secondary N) is 1. The first-order valence-corrected chi connectivity index (χ1v) is 7.55. The van der Waals surface area contributed by atoms with Crippen LogP contribution in [0.2, 0.25) is 5.02 Å². The molecule has 1 aromatic carbocycles. The summed E-state index contributed by atoms with van der Waals surface area (Å²) in [5, 5.41) is 14.0. The molecule has 0 aromatic heterocycles. The summed E-state index contributed by atoms with van der Waals surface area (Å²) in [5.74, 6) is 0.343. The molecule has 20 heavy (non-hydrogen) atoms. The molecule has 2 unspecified atom stereocenters. The minimum Gasteiger partial charge on any atom is -0.388 e. The third-order valence-electron chi connectivity index (χ3n) is 4.16. The lowest BCUT2D eigenvalue weighted by Gasteiger charge is -2.35. The summed E-state index contributed by atoms with van der Waals surface area (Å²) in [5.41, 5.74) is 0.584. The molecule has 1 fully saturated rings. The second-order valence-corrected chi connectivity index (χ2v) is 6.43. The van der Waals surface area contributed by atoms with Crippen molar-refractivity contribution in [2.75, 3.05) is 6.54 Å². The third kappa shape index (κ3) is 3.53. The number of carbonyl (C=O) groups is 1. The zero-order valence-corrected chi connectivity index (χ0v) is 12.8. The minimum atomic E-state index is -0.764. The number of benzene rings is 1. The fourth-order valence-electron chi connectivity index (χ4n) is 2.99. The van der Waals surface area contributed by atoms with Gasteiger partial charge in [0.05, 0.1) is 5.60 Å². The maximum absolute atomic E-state index is 12.2. The molecule has 2 atom stereocenters. The van der Waals surface area contributed by atoms with E-state index in [9.17, 15) is 9.90 Å². The van der Waals surface area contributed by atoms with Crippen molar-refractivity contribution in [3.63, 3.8) is 0 Å². The zero-order valence-electron chi connectivity index (χ0n) is 12.1. The maximum atomic E-state index is 12.2. The zero-order chi connectivity index (χ0) is 14.8. The average Bonchev–Trinajstić information content (AvgIpc) is 2.39. The molecule has 1 aliphatic carbocycles. The van der Waals surface area contributed by atoms with Crippen molar-refractivity contribution in [2.24, 2.45) is 5.92 Å². The van der Waals surface area contributed by atoms with Gasteiger partial charge >= 0.3 is 0 Å². The normalized spacial score (nSPS) is 26.3. The van der Waals surface area contributed by atoms with E-state index < -0.39 is 5.60 Å². The van der Waals surface area contributed by atoms with Gasteiger partial charge in [-0.25, -0.2) is 0 Å². The Morgan fingerprint density at radius 1 is 1.55 bits per heavy atom. The van der Waals surface area contributed by atoms with Crippen LogP contribution in [-0.4, -0.2) is 23.2 Å². The van der Waals surface area contributed by atoms with Crippen LogP contribution in [0.5, 0.6) is 0 Å². The van der Waals surface area contributed by atoms with Crippen LogP contribution in [0.4, 0.5) is 0 Å². The van der Waals surface area contributed by atoms with Crippen LogP contribution < -0.4 is 5.32 Å². The predicted octanol–water partition coefficient (Wildman–Crippen LogP) is 3.32. The first-order valence-electron chi connectivity index (χ1n) is 7.17. The van der Waals surface area contributed by atoms with Crippen LogP contribution in [0.1, 0.15) is 48.5 Å². The summed E-state index contributed by atoms with van der Waals surface area (Å²) >= 11 is 6.02. The van der Waals surface area contributed by atoms with Crippen molar-refractivity contribution in [2.45, 2.75) is 45.1 Å². The Bertz CT molecular complexity index is 503. The van der Waals surface area contributed by atoms with E-state index in [0.717, 1.165) is 31.2 Å². The molecule has 0 spiro atoms. The summed E-state index contributed by atoms with van der Waals surface area (Å²) in [4.78, 5) is 12.2. The average molecular weight is 296 g/mol. The van der Waals surface area contributed by atoms with E-state index in [1.807, 2.05) is 6.92 Å². The lowest BCUT2D eigenvalue weighted by molar-refractivity contribution is -0.0109. The molecule has 3 nitrogen and oxygen atoms in total. The number of carbonyl (C=O) groups excluding carboxylic acids is 1. The Hall–Kier alpha value is -1.06. The highest BCUT2D eigenvalue weighted by Gasteiger charge is 2.33. The van der Waals surface area contributed by atoms with Gasteiger partial charge in [0.1, 0.15) is 0 Å². The van der Waals surface area contributed by atoms with Gasteiger partial charge in [-0.2, -0.15) is 0 Å².